The third kappa shape index (κ3) is 10.8. The fraction of sp³-hybridized carbons (Fsp3) is 0.812. The van der Waals surface area contributed by atoms with E-state index in [2.05, 4.69) is 5.32 Å². The molecule has 146 valence electrons. The van der Waals surface area contributed by atoms with Gasteiger partial charge in [0.25, 0.3) is 5.91 Å². The predicted molar refractivity (Wildman–Crippen MR) is 85.4 cm³/mol. The monoisotopic (exact) mass is 368 g/mol. The molecule has 0 saturated carbocycles. The normalized spacial score (nSPS) is 13.2. The molecule has 0 fully saturated rings. The summed E-state index contributed by atoms with van der Waals surface area (Å²) in [6.07, 6.45) is -3.03. The summed E-state index contributed by atoms with van der Waals surface area (Å²) in [6, 6.07) is -2.06. The number of rotatable bonds is 11. The molecule has 0 aromatic rings. The number of carbonyl (C=O) groups is 3. The van der Waals surface area contributed by atoms with Gasteiger partial charge in [-0.2, -0.15) is 13.2 Å². The maximum Gasteiger partial charge on any atom is 0.391 e. The molecule has 0 aromatic heterocycles. The Kier molecular flexibility index (Phi) is 9.69. The van der Waals surface area contributed by atoms with E-state index in [4.69, 9.17) is 4.84 Å². The smallest absolute Gasteiger partial charge is 0.349 e. The summed E-state index contributed by atoms with van der Waals surface area (Å²) in [7, 11) is 0. The van der Waals surface area contributed by atoms with Gasteiger partial charge in [-0.05, 0) is 27.2 Å². The molecule has 0 aliphatic carbocycles. The number of alkyl halides is 3. The van der Waals surface area contributed by atoms with Crippen LogP contribution in [0.3, 0.4) is 0 Å². The molecule has 0 bridgehead atoms. The lowest BCUT2D eigenvalue weighted by molar-refractivity contribution is -0.244. The van der Waals surface area contributed by atoms with E-state index in [1.165, 1.54) is 20.8 Å². The quantitative estimate of drug-likeness (QED) is 0.263. The van der Waals surface area contributed by atoms with Gasteiger partial charge in [-0.25, -0.2) is 5.06 Å². The van der Waals surface area contributed by atoms with Crippen molar-refractivity contribution in [3.8, 4) is 0 Å². The van der Waals surface area contributed by atoms with E-state index in [0.29, 0.717) is 6.42 Å². The Morgan fingerprint density at radius 2 is 1.76 bits per heavy atom. The molecule has 0 rings (SSSR count). The summed E-state index contributed by atoms with van der Waals surface area (Å²) in [6.45, 7) is 6.71. The van der Waals surface area contributed by atoms with E-state index in [1.807, 2.05) is 6.92 Å². The number of nitrogens with zero attached hydrogens (tertiary/aromatic N) is 1. The molecule has 9 heteroatoms. The highest BCUT2D eigenvalue weighted by Gasteiger charge is 2.42. The van der Waals surface area contributed by atoms with Crippen molar-refractivity contribution in [2.75, 3.05) is 6.54 Å². The number of nitrogens with one attached hydrogen (secondary N) is 1. The van der Waals surface area contributed by atoms with Gasteiger partial charge >= 0.3 is 6.18 Å². The summed E-state index contributed by atoms with van der Waals surface area (Å²) in [5.74, 6) is -2.51. The maximum atomic E-state index is 12.8. The van der Waals surface area contributed by atoms with Crippen LogP contribution in [0.15, 0.2) is 0 Å². The average Bonchev–Trinajstić information content (AvgIpc) is 2.47. The second kappa shape index (κ2) is 10.4. The molecule has 0 saturated heterocycles. The lowest BCUT2D eigenvalue weighted by Gasteiger charge is -2.32. The fourth-order valence-corrected chi connectivity index (χ4v) is 1.98. The van der Waals surface area contributed by atoms with Crippen molar-refractivity contribution in [3.05, 3.63) is 0 Å². The molecule has 0 heterocycles. The first-order chi connectivity index (χ1) is 11.4. The van der Waals surface area contributed by atoms with Crippen molar-refractivity contribution in [2.45, 2.75) is 77.6 Å². The second-order valence-corrected chi connectivity index (χ2v) is 6.68. The third-order valence-electron chi connectivity index (χ3n) is 3.06. The van der Waals surface area contributed by atoms with E-state index in [0.717, 1.165) is 19.3 Å². The summed E-state index contributed by atoms with van der Waals surface area (Å²) in [5, 5.41) is 2.57. The lowest BCUT2D eigenvalue weighted by Crippen LogP contribution is -2.51. The lowest BCUT2D eigenvalue weighted by atomic mass is 10.1. The zero-order chi connectivity index (χ0) is 19.7. The summed E-state index contributed by atoms with van der Waals surface area (Å²) < 4.78 is 38.3. The number of ketones is 1. The molecular formula is C16H27F3N2O4. The molecule has 0 spiro atoms. The van der Waals surface area contributed by atoms with Crippen molar-refractivity contribution in [1.29, 1.82) is 0 Å². The maximum absolute atomic E-state index is 12.8. The number of hydroxylamine groups is 2. The van der Waals surface area contributed by atoms with Crippen molar-refractivity contribution >= 4 is 18.1 Å². The van der Waals surface area contributed by atoms with Gasteiger partial charge in [0.15, 0.2) is 0 Å². The third-order valence-corrected chi connectivity index (χ3v) is 3.06. The molecule has 0 radical (unpaired) electrons. The first kappa shape index (κ1) is 23.4. The van der Waals surface area contributed by atoms with Gasteiger partial charge in [0, 0.05) is 6.54 Å². The fourth-order valence-electron chi connectivity index (χ4n) is 1.98. The molecule has 0 aliphatic heterocycles. The Bertz CT molecular complexity index is 448. The van der Waals surface area contributed by atoms with Gasteiger partial charge < -0.3 is 5.32 Å². The molecule has 0 unspecified atom stereocenters. The van der Waals surface area contributed by atoms with E-state index in [9.17, 15) is 27.6 Å². The van der Waals surface area contributed by atoms with Gasteiger partial charge in [-0.15, -0.1) is 0 Å². The molecule has 0 aliphatic rings. The highest BCUT2D eigenvalue weighted by atomic mass is 19.4. The topological polar surface area (TPSA) is 75.7 Å². The Morgan fingerprint density at radius 1 is 1.16 bits per heavy atom. The SMILES string of the molecule is CCCCCCNC(=O)C(=O)[C@H](CC(F)(F)F)N(C=O)OC(C)(C)C. The van der Waals surface area contributed by atoms with Crippen molar-refractivity contribution < 1.29 is 32.4 Å². The molecule has 6 nitrogen and oxygen atoms in total. The minimum Gasteiger partial charge on any atom is -0.349 e. The molecule has 0 aromatic carbocycles. The number of unbranched alkanes of at least 4 members (excludes halogenated alkanes) is 3. The summed E-state index contributed by atoms with van der Waals surface area (Å²) >= 11 is 0. The van der Waals surface area contributed by atoms with Crippen LogP contribution >= 0.6 is 0 Å². The first-order valence-corrected chi connectivity index (χ1v) is 8.23. The number of carbonyl (C=O) groups excluding carboxylic acids is 3. The number of hydrogen-bond donors (Lipinski definition) is 1. The Morgan fingerprint density at radius 3 is 2.20 bits per heavy atom. The highest BCUT2D eigenvalue weighted by Crippen LogP contribution is 2.25. The van der Waals surface area contributed by atoms with Crippen LogP contribution in [0.2, 0.25) is 0 Å². The zero-order valence-corrected chi connectivity index (χ0v) is 15.1. The van der Waals surface area contributed by atoms with Crippen LogP contribution in [0.4, 0.5) is 13.2 Å². The standard InChI is InChI=1S/C16H27F3N2O4/c1-5-6-7-8-9-20-14(24)13(23)12(10-16(17,18)19)21(11-22)25-15(2,3)4/h11-12H,5-10H2,1-4H3,(H,20,24)/t12-/m0/s1. The molecule has 2 amide bonds. The number of amides is 2. The first-order valence-electron chi connectivity index (χ1n) is 8.23. The Balaban J connectivity index is 5.03. The average molecular weight is 368 g/mol. The van der Waals surface area contributed by atoms with E-state index < -0.39 is 35.9 Å². The second-order valence-electron chi connectivity index (χ2n) is 6.68. The Labute approximate surface area is 146 Å². The van der Waals surface area contributed by atoms with Crippen LogP contribution in [-0.2, 0) is 19.2 Å². The largest absolute Gasteiger partial charge is 0.391 e. The minimum absolute atomic E-state index is 0.0198. The van der Waals surface area contributed by atoms with Crippen molar-refractivity contribution in [2.24, 2.45) is 0 Å². The highest BCUT2D eigenvalue weighted by molar-refractivity contribution is 6.38. The minimum atomic E-state index is -4.75. The van der Waals surface area contributed by atoms with Gasteiger partial charge in [0.1, 0.15) is 6.04 Å². The molecule has 1 atom stereocenters. The van der Waals surface area contributed by atoms with Gasteiger partial charge in [-0.3, -0.25) is 19.2 Å². The predicted octanol–water partition coefficient (Wildman–Crippen LogP) is 2.76. The molecule has 25 heavy (non-hydrogen) atoms. The number of hydrogen-bond acceptors (Lipinski definition) is 4. The summed E-state index contributed by atoms with van der Waals surface area (Å²) in [4.78, 5) is 40.2. The van der Waals surface area contributed by atoms with E-state index in [1.54, 1.807) is 0 Å². The van der Waals surface area contributed by atoms with Crippen LogP contribution in [0, 0.1) is 0 Å². The van der Waals surface area contributed by atoms with Crippen molar-refractivity contribution in [1.82, 2.24) is 10.4 Å². The van der Waals surface area contributed by atoms with E-state index >= 15 is 0 Å². The van der Waals surface area contributed by atoms with E-state index in [-0.39, 0.29) is 18.0 Å². The van der Waals surface area contributed by atoms with Crippen LogP contribution in [-0.4, -0.2) is 47.5 Å². The van der Waals surface area contributed by atoms with Crippen LogP contribution in [0.5, 0.6) is 0 Å². The zero-order valence-electron chi connectivity index (χ0n) is 15.1. The molecule has 1 N–H and O–H groups in total. The van der Waals surface area contributed by atoms with Gasteiger partial charge in [0.2, 0.25) is 12.2 Å². The Hall–Kier alpha value is -1.64. The van der Waals surface area contributed by atoms with Crippen LogP contribution in [0.1, 0.15) is 59.8 Å². The number of halogens is 3. The van der Waals surface area contributed by atoms with Gasteiger partial charge in [-0.1, -0.05) is 26.2 Å². The summed E-state index contributed by atoms with van der Waals surface area (Å²) in [5.41, 5.74) is -1.01. The van der Waals surface area contributed by atoms with Gasteiger partial charge in [0.05, 0.1) is 12.0 Å². The van der Waals surface area contributed by atoms with Crippen molar-refractivity contribution in [3.63, 3.8) is 0 Å². The number of Topliss-reactive ketones (excluding diaryl/α,β-unsaturated/α-hetero) is 1. The molecular weight excluding hydrogens is 341 g/mol. The van der Waals surface area contributed by atoms with Crippen LogP contribution < -0.4 is 5.32 Å². The van der Waals surface area contributed by atoms with Crippen LogP contribution in [0.25, 0.3) is 0 Å².